The lowest BCUT2D eigenvalue weighted by atomic mass is 10.3. The monoisotopic (exact) mass is 353 g/mol. The van der Waals surface area contributed by atoms with E-state index >= 15 is 0 Å². The van der Waals surface area contributed by atoms with Crippen molar-refractivity contribution in [1.82, 2.24) is 9.97 Å². The summed E-state index contributed by atoms with van der Waals surface area (Å²) in [6.07, 6.45) is 0. The van der Waals surface area contributed by atoms with Gasteiger partial charge in [0.15, 0.2) is 16.3 Å². The number of hydrogen-bond acceptors (Lipinski definition) is 6. The topological polar surface area (TPSA) is 60.2 Å². The molecule has 20 heavy (non-hydrogen) atoms. The van der Waals surface area contributed by atoms with Crippen LogP contribution in [-0.2, 0) is 4.74 Å². The van der Waals surface area contributed by atoms with Gasteiger partial charge in [-0.1, -0.05) is 0 Å². The van der Waals surface area contributed by atoms with Gasteiger partial charge in [0.05, 0.1) is 16.8 Å². The Morgan fingerprint density at radius 1 is 1.35 bits per heavy atom. The van der Waals surface area contributed by atoms with Crippen LogP contribution in [0.5, 0.6) is 0 Å². The smallest absolute Gasteiger partial charge is 0.198 e. The summed E-state index contributed by atoms with van der Waals surface area (Å²) < 4.78 is 12.3. The summed E-state index contributed by atoms with van der Waals surface area (Å²) in [5.41, 5.74) is 0.910. The van der Waals surface area contributed by atoms with Gasteiger partial charge in [0.1, 0.15) is 5.82 Å². The molecule has 3 rings (SSSR count). The molecule has 0 unspecified atom stereocenters. The fourth-order valence-corrected chi connectivity index (χ4v) is 2.90. The number of ether oxygens (including phenoxy) is 1. The Morgan fingerprint density at radius 2 is 2.25 bits per heavy atom. The highest BCUT2D eigenvalue weighted by Gasteiger charge is 2.12. The maximum absolute atomic E-state index is 5.52. The van der Waals surface area contributed by atoms with Gasteiger partial charge in [-0.25, -0.2) is 9.97 Å². The van der Waals surface area contributed by atoms with Crippen molar-refractivity contribution in [3.8, 4) is 11.6 Å². The normalized spacial score (nSPS) is 11.1. The third kappa shape index (κ3) is 2.70. The van der Waals surface area contributed by atoms with E-state index in [-0.39, 0.29) is 0 Å². The Labute approximate surface area is 128 Å². The number of nitrogens with zero attached hydrogens (tertiary/aromatic N) is 2. The number of fused-ring (bicyclic) bond motifs is 1. The summed E-state index contributed by atoms with van der Waals surface area (Å²) in [6.45, 7) is 1.32. The predicted molar refractivity (Wildman–Crippen MR) is 83.2 cm³/mol. The molecular formula is C13H12BrN3O2S. The third-order valence-corrected chi connectivity index (χ3v) is 4.03. The van der Waals surface area contributed by atoms with Crippen LogP contribution < -0.4 is 5.32 Å². The van der Waals surface area contributed by atoms with Crippen molar-refractivity contribution in [2.75, 3.05) is 25.6 Å². The van der Waals surface area contributed by atoms with Crippen molar-refractivity contribution in [2.24, 2.45) is 0 Å². The van der Waals surface area contributed by atoms with Gasteiger partial charge >= 0.3 is 0 Å². The minimum Gasteiger partial charge on any atom is -0.446 e. The Morgan fingerprint density at radius 3 is 3.00 bits per heavy atom. The second-order valence-electron chi connectivity index (χ2n) is 4.05. The van der Waals surface area contributed by atoms with Gasteiger partial charge in [-0.3, -0.25) is 0 Å². The van der Waals surface area contributed by atoms with E-state index in [0.717, 1.165) is 16.0 Å². The first-order chi connectivity index (χ1) is 9.78. The molecule has 1 N–H and O–H groups in total. The van der Waals surface area contributed by atoms with Crippen LogP contribution >= 0.6 is 27.3 Å². The zero-order valence-corrected chi connectivity index (χ0v) is 13.1. The number of furan rings is 1. The Hall–Kier alpha value is -1.44. The molecule has 0 fully saturated rings. The van der Waals surface area contributed by atoms with Crippen LogP contribution in [0.3, 0.4) is 0 Å². The summed E-state index contributed by atoms with van der Waals surface area (Å²) in [7, 11) is 1.67. The van der Waals surface area contributed by atoms with Crippen LogP contribution in [0.2, 0.25) is 0 Å². The van der Waals surface area contributed by atoms with Gasteiger partial charge in [-0.15, -0.1) is 11.3 Å². The molecule has 3 aromatic rings. The number of aromatic nitrogens is 2. The van der Waals surface area contributed by atoms with Crippen LogP contribution in [0.1, 0.15) is 0 Å². The van der Waals surface area contributed by atoms with Crippen molar-refractivity contribution >= 4 is 43.3 Å². The Kier molecular flexibility index (Phi) is 4.00. The second-order valence-corrected chi connectivity index (χ2v) is 5.75. The predicted octanol–water partition coefficient (Wildman–Crippen LogP) is 3.77. The van der Waals surface area contributed by atoms with Crippen molar-refractivity contribution < 1.29 is 9.15 Å². The minimum absolute atomic E-state index is 0.571. The van der Waals surface area contributed by atoms with E-state index in [4.69, 9.17) is 9.15 Å². The zero-order chi connectivity index (χ0) is 13.9. The molecule has 0 amide bonds. The van der Waals surface area contributed by atoms with Crippen molar-refractivity contribution in [3.05, 3.63) is 28.2 Å². The number of rotatable bonds is 5. The van der Waals surface area contributed by atoms with Crippen LogP contribution in [0.15, 0.2) is 32.7 Å². The molecule has 0 saturated heterocycles. The molecule has 0 saturated carbocycles. The van der Waals surface area contributed by atoms with Crippen molar-refractivity contribution in [2.45, 2.75) is 0 Å². The molecule has 0 aromatic carbocycles. The van der Waals surface area contributed by atoms with Crippen molar-refractivity contribution in [3.63, 3.8) is 0 Å². The molecule has 0 aliphatic heterocycles. The first kappa shape index (κ1) is 13.5. The number of anilines is 1. The molecule has 0 bridgehead atoms. The maximum atomic E-state index is 5.52. The van der Waals surface area contributed by atoms with Gasteiger partial charge < -0.3 is 14.5 Å². The first-order valence-electron chi connectivity index (χ1n) is 6.01. The van der Waals surface area contributed by atoms with E-state index in [2.05, 4.69) is 31.2 Å². The lowest BCUT2D eigenvalue weighted by Gasteiger charge is -2.07. The average molecular weight is 354 g/mol. The molecule has 0 radical (unpaired) electrons. The summed E-state index contributed by atoms with van der Waals surface area (Å²) >= 11 is 4.90. The summed E-state index contributed by atoms with van der Waals surface area (Å²) in [5.74, 6) is 2.02. The summed E-state index contributed by atoms with van der Waals surface area (Å²) in [5, 5.41) is 5.28. The van der Waals surface area contributed by atoms with Crippen LogP contribution in [0.25, 0.3) is 21.8 Å². The lowest BCUT2D eigenvalue weighted by molar-refractivity contribution is 0.210. The number of hydrogen-bond donors (Lipinski definition) is 1. The van der Waals surface area contributed by atoms with Crippen LogP contribution in [0, 0.1) is 0 Å². The number of nitrogens with one attached hydrogen (secondary N) is 1. The van der Waals surface area contributed by atoms with Crippen molar-refractivity contribution in [1.29, 1.82) is 0 Å². The van der Waals surface area contributed by atoms with Gasteiger partial charge in [0.2, 0.25) is 0 Å². The van der Waals surface area contributed by atoms with E-state index in [0.29, 0.717) is 29.4 Å². The molecule has 0 atom stereocenters. The molecule has 5 nitrogen and oxygen atoms in total. The number of methoxy groups -OCH3 is 1. The molecule has 3 aromatic heterocycles. The highest BCUT2D eigenvalue weighted by atomic mass is 79.9. The van der Waals surface area contributed by atoms with Gasteiger partial charge in [-0.2, -0.15) is 0 Å². The fourth-order valence-electron chi connectivity index (χ4n) is 1.80. The molecule has 0 spiro atoms. The molecule has 0 aliphatic rings. The molecule has 7 heteroatoms. The van der Waals surface area contributed by atoms with E-state index in [1.807, 2.05) is 23.6 Å². The maximum Gasteiger partial charge on any atom is 0.198 e. The molecular weight excluding hydrogens is 342 g/mol. The standard InChI is InChI=1S/C13H12BrN3O2S/c1-18-6-5-15-13-11-8(4-7-20-11)16-12(17-13)9-2-3-10(14)19-9/h2-4,7H,5-6H2,1H3,(H,15,16,17). The third-order valence-electron chi connectivity index (χ3n) is 2.70. The second kappa shape index (κ2) is 5.90. The Bertz CT molecular complexity index is 725. The molecule has 104 valence electrons. The SMILES string of the molecule is COCCNc1nc(-c2ccc(Br)o2)nc2ccsc12. The van der Waals surface area contributed by atoms with E-state index < -0.39 is 0 Å². The largest absolute Gasteiger partial charge is 0.446 e. The highest BCUT2D eigenvalue weighted by molar-refractivity contribution is 9.10. The van der Waals surface area contributed by atoms with Gasteiger partial charge in [0.25, 0.3) is 0 Å². The zero-order valence-electron chi connectivity index (χ0n) is 10.7. The Balaban J connectivity index is 2.01. The summed E-state index contributed by atoms with van der Waals surface area (Å²) in [4.78, 5) is 9.07. The minimum atomic E-state index is 0.571. The highest BCUT2D eigenvalue weighted by Crippen LogP contribution is 2.30. The summed E-state index contributed by atoms with van der Waals surface area (Å²) in [6, 6.07) is 5.65. The first-order valence-corrected chi connectivity index (χ1v) is 7.69. The van der Waals surface area contributed by atoms with Gasteiger partial charge in [-0.05, 0) is 39.5 Å². The lowest BCUT2D eigenvalue weighted by Crippen LogP contribution is -2.09. The van der Waals surface area contributed by atoms with E-state index in [1.165, 1.54) is 0 Å². The quantitative estimate of drug-likeness (QED) is 0.707. The van der Waals surface area contributed by atoms with E-state index in [9.17, 15) is 0 Å². The number of halogens is 1. The average Bonchev–Trinajstić information content (AvgIpc) is 3.07. The number of thiophene rings is 1. The van der Waals surface area contributed by atoms with Gasteiger partial charge in [0, 0.05) is 13.7 Å². The van der Waals surface area contributed by atoms with Crippen LogP contribution in [0.4, 0.5) is 5.82 Å². The van der Waals surface area contributed by atoms with Crippen LogP contribution in [-0.4, -0.2) is 30.2 Å². The fraction of sp³-hybridized carbons (Fsp3) is 0.231. The molecule has 3 heterocycles. The van der Waals surface area contributed by atoms with E-state index in [1.54, 1.807) is 18.4 Å². The molecule has 0 aliphatic carbocycles.